The van der Waals surface area contributed by atoms with Gasteiger partial charge in [0.2, 0.25) is 0 Å². The molecule has 0 radical (unpaired) electrons. The summed E-state index contributed by atoms with van der Waals surface area (Å²) < 4.78 is 11.0. The number of phenols is 1. The Balaban J connectivity index is 2.20. The Morgan fingerprint density at radius 1 is 1.05 bits per heavy atom. The topological polar surface area (TPSA) is 67.8 Å². The van der Waals surface area contributed by atoms with Crippen LogP contribution in [0.25, 0.3) is 0 Å². The van der Waals surface area contributed by atoms with Gasteiger partial charge >= 0.3 is 0 Å². The number of aromatic hydroxyl groups is 1. The lowest BCUT2D eigenvalue weighted by Crippen LogP contribution is -2.12. The summed E-state index contributed by atoms with van der Waals surface area (Å²) in [6.45, 7) is 4.76. The molecular formula is C17H19NO4. The van der Waals surface area contributed by atoms with Crippen LogP contribution < -0.4 is 14.8 Å². The zero-order valence-electron chi connectivity index (χ0n) is 12.6. The lowest BCUT2D eigenvalue weighted by molar-refractivity contribution is 0.102. The number of amides is 1. The van der Waals surface area contributed by atoms with Gasteiger partial charge in [0, 0.05) is 17.3 Å². The molecule has 0 saturated heterocycles. The highest BCUT2D eigenvalue weighted by Crippen LogP contribution is 2.29. The van der Waals surface area contributed by atoms with E-state index in [1.807, 2.05) is 13.8 Å². The number of ether oxygens (including phenoxy) is 2. The standard InChI is InChI=1S/C17H19NO4/c1-3-21-15-9-8-12(10-16(15)22-4-2)17(20)18-13-6-5-7-14(19)11-13/h5-11,19H,3-4H2,1-2H3,(H,18,20). The molecule has 0 atom stereocenters. The minimum absolute atomic E-state index is 0.0968. The quantitative estimate of drug-likeness (QED) is 0.857. The average Bonchev–Trinajstić information content (AvgIpc) is 2.49. The Bertz CT molecular complexity index is 655. The summed E-state index contributed by atoms with van der Waals surface area (Å²) in [7, 11) is 0. The van der Waals surface area contributed by atoms with E-state index in [1.54, 1.807) is 36.4 Å². The fourth-order valence-electron chi connectivity index (χ4n) is 1.98. The third kappa shape index (κ3) is 3.91. The highest BCUT2D eigenvalue weighted by Gasteiger charge is 2.12. The van der Waals surface area contributed by atoms with E-state index in [0.717, 1.165) is 0 Å². The first-order valence-electron chi connectivity index (χ1n) is 7.14. The van der Waals surface area contributed by atoms with E-state index < -0.39 is 0 Å². The zero-order valence-corrected chi connectivity index (χ0v) is 12.6. The summed E-state index contributed by atoms with van der Waals surface area (Å²) >= 11 is 0. The highest BCUT2D eigenvalue weighted by atomic mass is 16.5. The van der Waals surface area contributed by atoms with Gasteiger partial charge in [-0.05, 0) is 44.2 Å². The highest BCUT2D eigenvalue weighted by molar-refractivity contribution is 6.04. The van der Waals surface area contributed by atoms with E-state index in [9.17, 15) is 9.90 Å². The van der Waals surface area contributed by atoms with Crippen molar-refractivity contribution in [2.24, 2.45) is 0 Å². The molecule has 2 aromatic rings. The Morgan fingerprint density at radius 2 is 1.77 bits per heavy atom. The molecule has 0 unspecified atom stereocenters. The van der Waals surface area contributed by atoms with Gasteiger partial charge in [-0.25, -0.2) is 0 Å². The van der Waals surface area contributed by atoms with Crippen LogP contribution in [-0.4, -0.2) is 24.2 Å². The summed E-state index contributed by atoms with van der Waals surface area (Å²) in [6, 6.07) is 11.4. The van der Waals surface area contributed by atoms with E-state index in [1.165, 1.54) is 6.07 Å². The van der Waals surface area contributed by atoms with Crippen molar-refractivity contribution in [2.75, 3.05) is 18.5 Å². The van der Waals surface area contributed by atoms with Crippen LogP contribution in [0.15, 0.2) is 42.5 Å². The largest absolute Gasteiger partial charge is 0.508 e. The van der Waals surface area contributed by atoms with E-state index in [0.29, 0.717) is 36.0 Å². The van der Waals surface area contributed by atoms with Crippen LogP contribution in [-0.2, 0) is 0 Å². The van der Waals surface area contributed by atoms with Crippen molar-refractivity contribution in [3.05, 3.63) is 48.0 Å². The molecule has 0 aromatic heterocycles. The summed E-state index contributed by atoms with van der Waals surface area (Å²) in [5.41, 5.74) is 0.979. The van der Waals surface area contributed by atoms with E-state index >= 15 is 0 Å². The van der Waals surface area contributed by atoms with Gasteiger partial charge in [0.15, 0.2) is 11.5 Å². The Hall–Kier alpha value is -2.69. The zero-order chi connectivity index (χ0) is 15.9. The second kappa shape index (κ2) is 7.36. The first-order valence-corrected chi connectivity index (χ1v) is 7.14. The molecule has 0 heterocycles. The van der Waals surface area contributed by atoms with E-state index in [4.69, 9.17) is 9.47 Å². The van der Waals surface area contributed by atoms with Gasteiger partial charge in [-0.3, -0.25) is 4.79 Å². The normalized spacial score (nSPS) is 10.1. The summed E-state index contributed by atoms with van der Waals surface area (Å²) in [5.74, 6) is 0.959. The minimum atomic E-state index is -0.283. The van der Waals surface area contributed by atoms with Crippen molar-refractivity contribution in [1.82, 2.24) is 0 Å². The molecule has 0 aliphatic rings. The molecule has 0 fully saturated rings. The number of nitrogens with one attached hydrogen (secondary N) is 1. The number of hydrogen-bond acceptors (Lipinski definition) is 4. The van der Waals surface area contributed by atoms with Crippen LogP contribution in [0.1, 0.15) is 24.2 Å². The van der Waals surface area contributed by atoms with E-state index in [2.05, 4.69) is 5.32 Å². The summed E-state index contributed by atoms with van der Waals surface area (Å²) in [4.78, 5) is 12.3. The maximum Gasteiger partial charge on any atom is 0.255 e. The fraction of sp³-hybridized carbons (Fsp3) is 0.235. The van der Waals surface area contributed by atoms with Crippen molar-refractivity contribution in [1.29, 1.82) is 0 Å². The van der Waals surface area contributed by atoms with Gasteiger partial charge in [0.25, 0.3) is 5.91 Å². The van der Waals surface area contributed by atoms with Crippen molar-refractivity contribution in [3.63, 3.8) is 0 Å². The number of carbonyl (C=O) groups is 1. The molecule has 0 aliphatic carbocycles. The Labute approximate surface area is 129 Å². The second-order valence-electron chi connectivity index (χ2n) is 4.53. The second-order valence-corrected chi connectivity index (χ2v) is 4.53. The molecule has 2 N–H and O–H groups in total. The van der Waals surface area contributed by atoms with Crippen molar-refractivity contribution in [3.8, 4) is 17.2 Å². The molecule has 1 amide bonds. The number of anilines is 1. The van der Waals surface area contributed by atoms with Crippen LogP contribution >= 0.6 is 0 Å². The minimum Gasteiger partial charge on any atom is -0.508 e. The van der Waals surface area contributed by atoms with Crippen molar-refractivity contribution < 1.29 is 19.4 Å². The maximum atomic E-state index is 12.3. The number of carbonyl (C=O) groups excluding carboxylic acids is 1. The average molecular weight is 301 g/mol. The Morgan fingerprint density at radius 3 is 2.45 bits per heavy atom. The predicted molar refractivity (Wildman–Crippen MR) is 84.8 cm³/mol. The third-order valence-electron chi connectivity index (χ3n) is 2.91. The van der Waals surface area contributed by atoms with Crippen molar-refractivity contribution in [2.45, 2.75) is 13.8 Å². The molecule has 0 spiro atoms. The third-order valence-corrected chi connectivity index (χ3v) is 2.91. The summed E-state index contributed by atoms with van der Waals surface area (Å²) in [6.07, 6.45) is 0. The first-order chi connectivity index (χ1) is 10.6. The van der Waals surface area contributed by atoms with Crippen LogP contribution in [0.3, 0.4) is 0 Å². The van der Waals surface area contributed by atoms with Crippen molar-refractivity contribution >= 4 is 11.6 Å². The first kappa shape index (κ1) is 15.7. The lowest BCUT2D eigenvalue weighted by Gasteiger charge is -2.12. The molecule has 116 valence electrons. The fourth-order valence-corrected chi connectivity index (χ4v) is 1.98. The number of rotatable bonds is 6. The summed E-state index contributed by atoms with van der Waals surface area (Å²) in [5, 5.41) is 12.1. The van der Waals surface area contributed by atoms with Gasteiger partial charge < -0.3 is 19.9 Å². The van der Waals surface area contributed by atoms with Gasteiger partial charge in [0.05, 0.1) is 13.2 Å². The number of hydrogen-bond donors (Lipinski definition) is 2. The molecule has 5 nitrogen and oxygen atoms in total. The van der Waals surface area contributed by atoms with Crippen LogP contribution in [0.4, 0.5) is 5.69 Å². The van der Waals surface area contributed by atoms with Gasteiger partial charge in [-0.2, -0.15) is 0 Å². The predicted octanol–water partition coefficient (Wildman–Crippen LogP) is 3.44. The molecule has 2 rings (SSSR count). The molecule has 0 bridgehead atoms. The van der Waals surface area contributed by atoms with Gasteiger partial charge in [-0.1, -0.05) is 6.07 Å². The lowest BCUT2D eigenvalue weighted by atomic mass is 10.1. The molecule has 0 aliphatic heterocycles. The number of benzene rings is 2. The van der Waals surface area contributed by atoms with Crippen LogP contribution in [0.5, 0.6) is 17.2 Å². The van der Waals surface area contributed by atoms with E-state index in [-0.39, 0.29) is 11.7 Å². The maximum absolute atomic E-state index is 12.3. The molecular weight excluding hydrogens is 282 g/mol. The smallest absolute Gasteiger partial charge is 0.255 e. The SMILES string of the molecule is CCOc1ccc(C(=O)Nc2cccc(O)c2)cc1OCC. The van der Waals surface area contributed by atoms with Gasteiger partial charge in [-0.15, -0.1) is 0 Å². The molecule has 2 aromatic carbocycles. The number of phenolic OH excluding ortho intramolecular Hbond substituents is 1. The molecule has 22 heavy (non-hydrogen) atoms. The van der Waals surface area contributed by atoms with Gasteiger partial charge in [0.1, 0.15) is 5.75 Å². The Kier molecular flexibility index (Phi) is 5.25. The van der Waals surface area contributed by atoms with Crippen LogP contribution in [0.2, 0.25) is 0 Å². The molecule has 5 heteroatoms. The molecule has 0 saturated carbocycles. The monoisotopic (exact) mass is 301 g/mol. The van der Waals surface area contributed by atoms with Crippen LogP contribution in [0, 0.1) is 0 Å².